The summed E-state index contributed by atoms with van der Waals surface area (Å²) in [7, 11) is -3.80. The molecule has 15 heteroatoms. The fourth-order valence-corrected chi connectivity index (χ4v) is 5.42. The monoisotopic (exact) mass is 759 g/mol. The van der Waals surface area contributed by atoms with Gasteiger partial charge in [0.25, 0.3) is 16.0 Å². The van der Waals surface area contributed by atoms with E-state index < -0.39 is 10.1 Å². The van der Waals surface area contributed by atoms with E-state index in [1.807, 2.05) is 19.1 Å². The topological polar surface area (TPSA) is 160 Å². The SMILES string of the molecule is Cc1ccc(S(=O)(=O)OCCOCCOCCOCCOCCOCC(=O)Nc2ccc(NC(=S)NC(=O)c3ccc(C(C)(C)C)cc3)cc2)cc1. The molecule has 3 N–H and O–H groups in total. The van der Waals surface area contributed by atoms with Gasteiger partial charge in [0, 0.05) is 16.9 Å². The van der Waals surface area contributed by atoms with Crippen LogP contribution in [0.15, 0.2) is 77.7 Å². The summed E-state index contributed by atoms with van der Waals surface area (Å²) >= 11 is 5.28. The molecule has 52 heavy (non-hydrogen) atoms. The number of amides is 2. The summed E-state index contributed by atoms with van der Waals surface area (Å²) in [5.74, 6) is -0.618. The largest absolute Gasteiger partial charge is 0.377 e. The van der Waals surface area contributed by atoms with Crippen LogP contribution in [-0.4, -0.2) is 98.0 Å². The van der Waals surface area contributed by atoms with Crippen LogP contribution in [0.2, 0.25) is 0 Å². The van der Waals surface area contributed by atoms with Crippen LogP contribution in [0.25, 0.3) is 0 Å². The molecule has 3 rings (SSSR count). The van der Waals surface area contributed by atoms with E-state index in [0.29, 0.717) is 63.2 Å². The molecule has 3 aromatic rings. The zero-order valence-corrected chi connectivity index (χ0v) is 31.7. The summed E-state index contributed by atoms with van der Waals surface area (Å²) < 4.78 is 56.2. The minimum atomic E-state index is -3.80. The molecule has 284 valence electrons. The Morgan fingerprint density at radius 1 is 0.635 bits per heavy atom. The van der Waals surface area contributed by atoms with Gasteiger partial charge in [-0.15, -0.1) is 0 Å². The van der Waals surface area contributed by atoms with Gasteiger partial charge in [0.2, 0.25) is 5.91 Å². The van der Waals surface area contributed by atoms with Gasteiger partial charge in [-0.2, -0.15) is 8.42 Å². The number of thiocarbonyl (C=S) groups is 1. The van der Waals surface area contributed by atoms with Gasteiger partial charge in [-0.25, -0.2) is 0 Å². The number of rotatable bonds is 22. The van der Waals surface area contributed by atoms with Crippen LogP contribution in [-0.2, 0) is 48.2 Å². The number of aryl methyl sites for hydroxylation is 1. The molecule has 0 atom stereocenters. The molecule has 0 radical (unpaired) electrons. The number of hydrogen-bond donors (Lipinski definition) is 3. The van der Waals surface area contributed by atoms with E-state index in [2.05, 4.69) is 36.7 Å². The molecule has 0 aliphatic rings. The van der Waals surface area contributed by atoms with Gasteiger partial charge < -0.3 is 34.3 Å². The average Bonchev–Trinajstić information content (AvgIpc) is 3.10. The van der Waals surface area contributed by atoms with E-state index in [1.54, 1.807) is 48.5 Å². The summed E-state index contributed by atoms with van der Waals surface area (Å²) in [6, 6.07) is 20.7. The van der Waals surface area contributed by atoms with Crippen molar-refractivity contribution in [2.75, 3.05) is 83.3 Å². The number of nitrogens with one attached hydrogen (secondary N) is 3. The van der Waals surface area contributed by atoms with Gasteiger partial charge in [-0.3, -0.25) is 19.1 Å². The maximum Gasteiger partial charge on any atom is 0.297 e. The third-order valence-corrected chi connectivity index (χ3v) is 8.69. The predicted octanol–water partition coefficient (Wildman–Crippen LogP) is 4.85. The molecular formula is C37H49N3O10S2. The highest BCUT2D eigenvalue weighted by molar-refractivity contribution is 7.86. The van der Waals surface area contributed by atoms with Gasteiger partial charge in [-0.05, 0) is 78.7 Å². The Kier molecular flexibility index (Phi) is 18.3. The zero-order valence-electron chi connectivity index (χ0n) is 30.1. The van der Waals surface area contributed by atoms with Crippen LogP contribution in [0.1, 0.15) is 42.3 Å². The fraction of sp³-hybridized carbons (Fsp3) is 0.432. The van der Waals surface area contributed by atoms with E-state index >= 15 is 0 Å². The maximum absolute atomic E-state index is 12.6. The molecule has 0 saturated heterocycles. The van der Waals surface area contributed by atoms with Gasteiger partial charge in [0.05, 0.1) is 71.0 Å². The molecule has 0 aliphatic carbocycles. The second kappa shape index (κ2) is 22.3. The van der Waals surface area contributed by atoms with Crippen molar-refractivity contribution in [2.24, 2.45) is 0 Å². The van der Waals surface area contributed by atoms with Crippen molar-refractivity contribution < 1.29 is 45.9 Å². The molecule has 0 spiro atoms. The van der Waals surface area contributed by atoms with Crippen molar-refractivity contribution in [3.8, 4) is 0 Å². The highest BCUT2D eigenvalue weighted by atomic mass is 32.2. The van der Waals surface area contributed by atoms with Crippen molar-refractivity contribution in [3.63, 3.8) is 0 Å². The van der Waals surface area contributed by atoms with E-state index in [1.165, 1.54) is 12.1 Å². The first-order chi connectivity index (χ1) is 24.8. The zero-order chi connectivity index (χ0) is 37.8. The number of ether oxygens (including phenoxy) is 5. The Labute approximate surface area is 311 Å². The van der Waals surface area contributed by atoms with Crippen LogP contribution >= 0.6 is 12.2 Å². The smallest absolute Gasteiger partial charge is 0.297 e. The minimum Gasteiger partial charge on any atom is -0.377 e. The number of benzene rings is 3. The van der Waals surface area contributed by atoms with Crippen molar-refractivity contribution in [1.29, 1.82) is 0 Å². The summed E-state index contributed by atoms with van der Waals surface area (Å²) in [5, 5.41) is 8.55. The Hall–Kier alpha value is -3.80. The second-order valence-corrected chi connectivity index (χ2v) is 14.5. The maximum atomic E-state index is 12.6. The van der Waals surface area contributed by atoms with Crippen LogP contribution in [0.5, 0.6) is 0 Å². The first-order valence-electron chi connectivity index (χ1n) is 16.8. The van der Waals surface area contributed by atoms with Crippen LogP contribution in [0, 0.1) is 6.92 Å². The molecule has 13 nitrogen and oxygen atoms in total. The number of carbonyl (C=O) groups excluding carboxylic acids is 2. The fourth-order valence-electron chi connectivity index (χ4n) is 4.31. The normalized spacial score (nSPS) is 11.6. The lowest BCUT2D eigenvalue weighted by Crippen LogP contribution is -2.34. The van der Waals surface area contributed by atoms with Gasteiger partial charge in [0.1, 0.15) is 6.61 Å². The number of hydrogen-bond acceptors (Lipinski definition) is 11. The number of carbonyl (C=O) groups is 2. The van der Waals surface area contributed by atoms with Crippen molar-refractivity contribution >= 4 is 50.6 Å². The van der Waals surface area contributed by atoms with Gasteiger partial charge in [-0.1, -0.05) is 50.6 Å². The molecule has 0 saturated carbocycles. The van der Waals surface area contributed by atoms with Crippen molar-refractivity contribution in [3.05, 3.63) is 89.5 Å². The van der Waals surface area contributed by atoms with Gasteiger partial charge in [0.15, 0.2) is 5.11 Å². The van der Waals surface area contributed by atoms with E-state index in [4.69, 9.17) is 40.1 Å². The Balaban J connectivity index is 1.12. The first kappa shape index (κ1) is 42.6. The lowest BCUT2D eigenvalue weighted by atomic mass is 9.87. The molecule has 2 amide bonds. The molecular weight excluding hydrogens is 711 g/mol. The molecule has 0 unspecified atom stereocenters. The minimum absolute atomic E-state index is 0.00473. The van der Waals surface area contributed by atoms with Gasteiger partial charge >= 0.3 is 0 Å². The van der Waals surface area contributed by atoms with E-state index in [9.17, 15) is 18.0 Å². The molecule has 0 fully saturated rings. The van der Waals surface area contributed by atoms with Crippen LogP contribution in [0.3, 0.4) is 0 Å². The van der Waals surface area contributed by atoms with E-state index in [-0.39, 0.29) is 53.7 Å². The van der Waals surface area contributed by atoms with Crippen molar-refractivity contribution in [1.82, 2.24) is 5.32 Å². The Morgan fingerprint density at radius 3 is 1.60 bits per heavy atom. The molecule has 0 aliphatic heterocycles. The molecule has 3 aromatic carbocycles. The first-order valence-corrected chi connectivity index (χ1v) is 18.6. The van der Waals surface area contributed by atoms with E-state index in [0.717, 1.165) is 11.1 Å². The third-order valence-electron chi connectivity index (χ3n) is 7.16. The summed E-state index contributed by atoms with van der Waals surface area (Å²) in [6.07, 6.45) is 0. The quantitative estimate of drug-likeness (QED) is 0.0728. The second-order valence-electron chi connectivity index (χ2n) is 12.5. The van der Waals surface area contributed by atoms with Crippen molar-refractivity contribution in [2.45, 2.75) is 38.0 Å². The average molecular weight is 760 g/mol. The summed E-state index contributed by atoms with van der Waals surface area (Å²) in [4.78, 5) is 24.9. The summed E-state index contributed by atoms with van der Waals surface area (Å²) in [5.41, 5.74) is 3.83. The Morgan fingerprint density at radius 2 is 1.10 bits per heavy atom. The highest BCUT2D eigenvalue weighted by Gasteiger charge is 2.16. The lowest BCUT2D eigenvalue weighted by molar-refractivity contribution is -0.121. The van der Waals surface area contributed by atoms with Crippen LogP contribution < -0.4 is 16.0 Å². The third kappa shape index (κ3) is 16.7. The van der Waals surface area contributed by atoms with Crippen LogP contribution in [0.4, 0.5) is 11.4 Å². The number of anilines is 2. The Bertz CT molecular complexity index is 1640. The summed E-state index contributed by atoms with van der Waals surface area (Å²) in [6.45, 7) is 10.8. The highest BCUT2D eigenvalue weighted by Crippen LogP contribution is 2.22. The standard InChI is InChI=1S/C37H49N3O10S2/c1-28-5-15-33(16-6-28)52(43,44)50-26-25-48-22-21-46-18-17-45-19-20-47-23-24-49-27-34(41)38-31-11-13-32(14-12-31)39-36(51)40-35(42)29-7-9-30(10-8-29)37(2,3)4/h5-16H,17-27H2,1-4H3,(H,38,41)(H2,39,40,42,51). The lowest BCUT2D eigenvalue weighted by Gasteiger charge is -2.19. The molecule has 0 bridgehead atoms. The predicted molar refractivity (Wildman–Crippen MR) is 202 cm³/mol. The molecule has 0 heterocycles. The molecule has 0 aromatic heterocycles.